The number of aliphatic hydroxyl groups is 1. The number of carbonyl (C=O) groups is 2. The van der Waals surface area contributed by atoms with Crippen molar-refractivity contribution in [3.05, 3.63) is 131 Å². The number of hydrogen-bond donors (Lipinski definition) is 1. The normalized spacial score (nSPS) is 15.9. The zero-order valence-corrected chi connectivity index (χ0v) is 24.4. The van der Waals surface area contributed by atoms with E-state index in [9.17, 15) is 14.7 Å². The largest absolute Gasteiger partial charge is 0.507 e. The minimum Gasteiger partial charge on any atom is -0.507 e. The summed E-state index contributed by atoms with van der Waals surface area (Å²) in [5.74, 6) is -0.101. The van der Waals surface area contributed by atoms with Gasteiger partial charge >= 0.3 is 0 Å². The number of aliphatic hydroxyl groups excluding tert-OH is 1. The summed E-state index contributed by atoms with van der Waals surface area (Å²) >= 11 is 0. The van der Waals surface area contributed by atoms with Crippen molar-refractivity contribution in [2.75, 3.05) is 20.3 Å². The monoisotopic (exact) mass is 577 g/mol. The zero-order valence-electron chi connectivity index (χ0n) is 24.4. The number of likely N-dealkylation sites (tertiary alicyclic amines) is 1. The second kappa shape index (κ2) is 13.7. The van der Waals surface area contributed by atoms with Crippen molar-refractivity contribution in [2.45, 2.75) is 32.4 Å². The van der Waals surface area contributed by atoms with E-state index in [2.05, 4.69) is 0 Å². The highest BCUT2D eigenvalue weighted by Crippen LogP contribution is 2.42. The Hall–Kier alpha value is -5.04. The maximum Gasteiger partial charge on any atom is 0.295 e. The van der Waals surface area contributed by atoms with Gasteiger partial charge in [-0.25, -0.2) is 0 Å². The predicted molar refractivity (Wildman–Crippen MR) is 165 cm³/mol. The first-order chi connectivity index (χ1) is 21.0. The Morgan fingerprint density at radius 3 is 2.23 bits per heavy atom. The van der Waals surface area contributed by atoms with Gasteiger partial charge in [0.15, 0.2) is 11.5 Å². The van der Waals surface area contributed by atoms with Crippen LogP contribution in [0.5, 0.6) is 17.2 Å². The lowest BCUT2D eigenvalue weighted by molar-refractivity contribution is -0.139. The van der Waals surface area contributed by atoms with Gasteiger partial charge < -0.3 is 24.2 Å². The molecule has 0 bridgehead atoms. The van der Waals surface area contributed by atoms with Crippen LogP contribution in [0.3, 0.4) is 0 Å². The van der Waals surface area contributed by atoms with Gasteiger partial charge in [-0.15, -0.1) is 0 Å². The summed E-state index contributed by atoms with van der Waals surface area (Å²) in [7, 11) is 1.54. The quantitative estimate of drug-likeness (QED) is 0.114. The molecule has 0 saturated carbocycles. The Morgan fingerprint density at radius 2 is 1.53 bits per heavy atom. The molecule has 4 aromatic carbocycles. The van der Waals surface area contributed by atoms with Gasteiger partial charge in [-0.3, -0.25) is 9.59 Å². The summed E-state index contributed by atoms with van der Waals surface area (Å²) < 4.78 is 17.5. The molecule has 7 nitrogen and oxygen atoms in total. The number of hydrogen-bond acceptors (Lipinski definition) is 6. The van der Waals surface area contributed by atoms with Crippen LogP contribution in [-0.2, 0) is 22.6 Å². The molecule has 1 saturated heterocycles. The number of methoxy groups -OCH3 is 1. The Morgan fingerprint density at radius 1 is 0.814 bits per heavy atom. The summed E-state index contributed by atoms with van der Waals surface area (Å²) in [5, 5.41) is 11.6. The number of Topliss-reactive ketones (excluding diaryl/α,β-unsaturated/α-hetero) is 1. The number of rotatable bonds is 12. The van der Waals surface area contributed by atoms with Crippen molar-refractivity contribution in [2.24, 2.45) is 0 Å². The minimum atomic E-state index is -0.832. The predicted octanol–water partition coefficient (Wildman–Crippen LogP) is 6.73. The van der Waals surface area contributed by atoms with Crippen LogP contribution in [0.4, 0.5) is 0 Å². The van der Waals surface area contributed by atoms with Gasteiger partial charge in [0.25, 0.3) is 11.7 Å². The van der Waals surface area contributed by atoms with E-state index in [-0.39, 0.29) is 17.9 Å². The first-order valence-corrected chi connectivity index (χ1v) is 14.4. The van der Waals surface area contributed by atoms with Gasteiger partial charge in [-0.1, -0.05) is 85.8 Å². The molecule has 1 unspecified atom stereocenters. The van der Waals surface area contributed by atoms with Crippen LogP contribution in [-0.4, -0.2) is 42.0 Å². The molecule has 1 aliphatic rings. The molecule has 43 heavy (non-hydrogen) atoms. The highest BCUT2D eigenvalue weighted by molar-refractivity contribution is 6.46. The number of nitrogens with zero attached hydrogens (tertiary/aromatic N) is 1. The Bertz CT molecular complexity index is 1600. The number of ketones is 1. The van der Waals surface area contributed by atoms with Crippen molar-refractivity contribution in [1.82, 2.24) is 4.90 Å². The number of amides is 1. The fourth-order valence-electron chi connectivity index (χ4n) is 5.17. The van der Waals surface area contributed by atoms with Crippen LogP contribution in [0, 0.1) is 0 Å². The van der Waals surface area contributed by atoms with Crippen LogP contribution in [0.1, 0.15) is 41.6 Å². The van der Waals surface area contributed by atoms with Crippen LogP contribution >= 0.6 is 0 Å². The molecule has 5 rings (SSSR count). The third kappa shape index (κ3) is 6.72. The van der Waals surface area contributed by atoms with Gasteiger partial charge in [0.1, 0.15) is 18.1 Å². The molecule has 0 aromatic heterocycles. The molecule has 1 atom stereocenters. The third-order valence-electron chi connectivity index (χ3n) is 7.35. The SMILES string of the molecule is CCCOc1cccc(C(O)=C2C(=O)C(=O)N(CCc3ccccc3)C2c2ccc(OCc3ccccc3)c(OC)c2)c1. The standard InChI is InChI=1S/C36H35NO6/c1-3-21-42-29-16-10-15-28(22-29)34(38)32-33(37(36(40)35(32)39)20-19-25-11-6-4-7-12-25)27-17-18-30(31(23-27)41-2)43-24-26-13-8-5-9-14-26/h4-18,22-23,33,38H,3,19-21,24H2,1-2H3. The van der Waals surface area contributed by atoms with E-state index in [1.54, 1.807) is 43.5 Å². The summed E-state index contributed by atoms with van der Waals surface area (Å²) in [4.78, 5) is 28.6. The summed E-state index contributed by atoms with van der Waals surface area (Å²) in [6.07, 6.45) is 1.37. The van der Waals surface area contributed by atoms with Crippen molar-refractivity contribution >= 4 is 17.4 Å². The van der Waals surface area contributed by atoms with E-state index < -0.39 is 17.7 Å². The molecular formula is C36H35NO6. The van der Waals surface area contributed by atoms with E-state index in [1.807, 2.05) is 73.7 Å². The molecule has 1 heterocycles. The molecule has 7 heteroatoms. The highest BCUT2D eigenvalue weighted by atomic mass is 16.5. The van der Waals surface area contributed by atoms with Crippen molar-refractivity contribution < 1.29 is 28.9 Å². The van der Waals surface area contributed by atoms with Crippen LogP contribution in [0.25, 0.3) is 5.76 Å². The number of ether oxygens (including phenoxy) is 3. The maximum atomic E-state index is 13.6. The minimum absolute atomic E-state index is 0.0192. The lowest BCUT2D eigenvalue weighted by atomic mass is 9.94. The van der Waals surface area contributed by atoms with E-state index in [0.717, 1.165) is 17.5 Å². The van der Waals surface area contributed by atoms with E-state index >= 15 is 0 Å². The number of carbonyl (C=O) groups excluding carboxylic acids is 2. The first-order valence-electron chi connectivity index (χ1n) is 14.4. The average Bonchev–Trinajstić information content (AvgIpc) is 3.31. The number of benzene rings is 4. The van der Waals surface area contributed by atoms with Gasteiger partial charge in [-0.2, -0.15) is 0 Å². The Labute approximate surface area is 252 Å². The lowest BCUT2D eigenvalue weighted by Gasteiger charge is -2.26. The highest BCUT2D eigenvalue weighted by Gasteiger charge is 2.46. The molecule has 1 fully saturated rings. The molecule has 1 N–H and O–H groups in total. The van der Waals surface area contributed by atoms with E-state index in [1.165, 1.54) is 4.90 Å². The van der Waals surface area contributed by atoms with Gasteiger partial charge in [0.2, 0.25) is 0 Å². The molecule has 0 aliphatic carbocycles. The Kier molecular flexibility index (Phi) is 9.42. The van der Waals surface area contributed by atoms with Crippen molar-refractivity contribution in [3.8, 4) is 17.2 Å². The molecule has 4 aromatic rings. The third-order valence-corrected chi connectivity index (χ3v) is 7.35. The molecular weight excluding hydrogens is 542 g/mol. The zero-order chi connectivity index (χ0) is 30.2. The lowest BCUT2D eigenvalue weighted by Crippen LogP contribution is -2.31. The fraction of sp³-hybridized carbons (Fsp3) is 0.222. The van der Waals surface area contributed by atoms with Gasteiger partial charge in [-0.05, 0) is 53.8 Å². The summed E-state index contributed by atoms with van der Waals surface area (Å²) in [6, 6.07) is 31.0. The Balaban J connectivity index is 1.54. The van der Waals surface area contributed by atoms with Crippen LogP contribution in [0.15, 0.2) is 109 Å². The second-order valence-corrected chi connectivity index (χ2v) is 10.3. The molecule has 1 amide bonds. The topological polar surface area (TPSA) is 85.3 Å². The molecule has 0 spiro atoms. The summed E-state index contributed by atoms with van der Waals surface area (Å²) in [5.41, 5.74) is 3.08. The second-order valence-electron chi connectivity index (χ2n) is 10.3. The van der Waals surface area contributed by atoms with Crippen molar-refractivity contribution in [3.63, 3.8) is 0 Å². The summed E-state index contributed by atoms with van der Waals surface area (Å²) in [6.45, 7) is 3.16. The van der Waals surface area contributed by atoms with Crippen LogP contribution < -0.4 is 14.2 Å². The van der Waals surface area contributed by atoms with Crippen LogP contribution in [0.2, 0.25) is 0 Å². The first kappa shape index (κ1) is 29.5. The van der Waals surface area contributed by atoms with E-state index in [0.29, 0.717) is 48.0 Å². The maximum absolute atomic E-state index is 13.6. The average molecular weight is 578 g/mol. The van der Waals surface area contributed by atoms with Gasteiger partial charge in [0, 0.05) is 12.1 Å². The molecule has 0 radical (unpaired) electrons. The smallest absolute Gasteiger partial charge is 0.295 e. The molecule has 1 aliphatic heterocycles. The van der Waals surface area contributed by atoms with E-state index in [4.69, 9.17) is 14.2 Å². The molecule has 220 valence electrons. The fourth-order valence-corrected chi connectivity index (χ4v) is 5.17. The van der Waals surface area contributed by atoms with Crippen molar-refractivity contribution in [1.29, 1.82) is 0 Å². The van der Waals surface area contributed by atoms with Gasteiger partial charge in [0.05, 0.1) is 25.3 Å².